The lowest BCUT2D eigenvalue weighted by atomic mass is 9.48. The molecule has 1 aromatic heterocycles. The van der Waals surface area contributed by atoms with Crippen LogP contribution in [0.5, 0.6) is 0 Å². The first-order valence-corrected chi connectivity index (χ1v) is 13.3. The first-order chi connectivity index (χ1) is 13.2. The Kier molecular flexibility index (Phi) is 4.47. The predicted octanol–water partition coefficient (Wildman–Crippen LogP) is 2.98. The summed E-state index contributed by atoms with van der Waals surface area (Å²) in [5.74, 6) is 3.74. The van der Waals surface area contributed by atoms with Gasteiger partial charge < -0.3 is 4.57 Å². The van der Waals surface area contributed by atoms with Crippen molar-refractivity contribution in [2.24, 2.45) is 30.2 Å². The molecule has 5 aliphatic rings. The second-order valence-corrected chi connectivity index (χ2v) is 13.4. The van der Waals surface area contributed by atoms with Crippen molar-refractivity contribution in [3.8, 4) is 0 Å². The summed E-state index contributed by atoms with van der Waals surface area (Å²) in [7, 11) is -1.06. The number of carbonyl (C=O) groups excluding carboxylic acids is 1. The van der Waals surface area contributed by atoms with Gasteiger partial charge in [0.25, 0.3) is 0 Å². The third kappa shape index (κ3) is 3.15. The predicted molar refractivity (Wildman–Crippen MR) is 108 cm³/mol. The van der Waals surface area contributed by atoms with E-state index in [9.17, 15) is 13.2 Å². The summed E-state index contributed by atoms with van der Waals surface area (Å²) >= 11 is 1.50. The summed E-state index contributed by atoms with van der Waals surface area (Å²) in [5, 5.41) is 9.18. The maximum atomic E-state index is 13.5. The maximum Gasteiger partial charge on any atom is 0.191 e. The molecule has 1 aromatic rings. The third-order valence-electron chi connectivity index (χ3n) is 7.68. The minimum Gasteiger partial charge on any atom is -0.309 e. The molecule has 6 rings (SSSR count). The molecule has 1 saturated heterocycles. The van der Waals surface area contributed by atoms with E-state index in [1.54, 1.807) is 0 Å². The van der Waals surface area contributed by atoms with Gasteiger partial charge >= 0.3 is 0 Å². The zero-order chi connectivity index (χ0) is 19.7. The van der Waals surface area contributed by atoms with Crippen molar-refractivity contribution in [3.05, 3.63) is 5.82 Å². The lowest BCUT2D eigenvalue weighted by Gasteiger charge is -2.56. The van der Waals surface area contributed by atoms with E-state index in [0.717, 1.165) is 48.0 Å². The van der Waals surface area contributed by atoms with Crippen LogP contribution in [0.3, 0.4) is 0 Å². The van der Waals surface area contributed by atoms with Gasteiger partial charge in [-0.05, 0) is 69.6 Å². The minimum atomic E-state index is -2.96. The van der Waals surface area contributed by atoms with E-state index in [-0.39, 0.29) is 28.1 Å². The van der Waals surface area contributed by atoms with Crippen molar-refractivity contribution in [1.82, 2.24) is 14.8 Å². The monoisotopic (exact) mass is 423 g/mol. The SMILES string of the molecule is C[C@H](Sc1nnc([C@@H]2CCS(=O)(=O)C2)n1C)C(=O)C12CC3CC(CC(C3)C1)C2. The number of nitrogens with zero attached hydrogens (tertiary/aromatic N) is 3. The topological polar surface area (TPSA) is 81.9 Å². The Morgan fingerprint density at radius 2 is 1.75 bits per heavy atom. The van der Waals surface area contributed by atoms with Gasteiger partial charge in [0.05, 0.1) is 16.8 Å². The Bertz CT molecular complexity index is 873. The van der Waals surface area contributed by atoms with Gasteiger partial charge in [-0.2, -0.15) is 0 Å². The fourth-order valence-corrected chi connectivity index (χ4v) is 9.59. The number of hydrogen-bond donors (Lipinski definition) is 0. The summed E-state index contributed by atoms with van der Waals surface area (Å²) in [4.78, 5) is 13.5. The van der Waals surface area contributed by atoms with Crippen LogP contribution < -0.4 is 0 Å². The van der Waals surface area contributed by atoms with Gasteiger partial charge in [0.15, 0.2) is 20.8 Å². The van der Waals surface area contributed by atoms with E-state index in [0.29, 0.717) is 12.2 Å². The number of thioether (sulfide) groups is 1. The van der Waals surface area contributed by atoms with Gasteiger partial charge in [0.1, 0.15) is 5.82 Å². The van der Waals surface area contributed by atoms with Gasteiger partial charge in [0.2, 0.25) is 0 Å². The smallest absolute Gasteiger partial charge is 0.191 e. The lowest BCUT2D eigenvalue weighted by Crippen LogP contribution is -2.51. The molecule has 4 aliphatic carbocycles. The standard InChI is InChI=1S/C20H29N3O3S2/c1-12(17(24)20-8-13-5-14(9-20)7-15(6-13)10-20)27-19-22-21-18(23(19)2)16-3-4-28(25,26)11-16/h12-16H,3-11H2,1-2H3/t12-,13?,14?,15?,16+,20?/m0/s1. The van der Waals surface area contributed by atoms with Crippen LogP contribution in [-0.2, 0) is 21.7 Å². The van der Waals surface area contributed by atoms with E-state index in [2.05, 4.69) is 10.2 Å². The zero-order valence-corrected chi connectivity index (χ0v) is 18.3. The molecule has 28 heavy (non-hydrogen) atoms. The van der Waals surface area contributed by atoms with Gasteiger partial charge in [0, 0.05) is 18.4 Å². The van der Waals surface area contributed by atoms with E-state index >= 15 is 0 Å². The Labute approximate surface area is 171 Å². The Balaban J connectivity index is 1.31. The molecule has 0 spiro atoms. The zero-order valence-electron chi connectivity index (χ0n) is 16.6. The minimum absolute atomic E-state index is 0.0778. The summed E-state index contributed by atoms with van der Waals surface area (Å²) < 4.78 is 25.5. The molecule has 4 bridgehead atoms. The van der Waals surface area contributed by atoms with E-state index in [4.69, 9.17) is 0 Å². The number of sulfone groups is 1. The number of ketones is 1. The van der Waals surface area contributed by atoms with E-state index in [1.807, 2.05) is 18.5 Å². The first-order valence-electron chi connectivity index (χ1n) is 10.6. The molecule has 0 amide bonds. The number of hydrogen-bond acceptors (Lipinski definition) is 6. The van der Waals surface area contributed by atoms with Crippen LogP contribution in [0.4, 0.5) is 0 Å². The largest absolute Gasteiger partial charge is 0.309 e. The highest BCUT2D eigenvalue weighted by atomic mass is 32.2. The molecule has 2 heterocycles. The molecule has 0 radical (unpaired) electrons. The molecule has 154 valence electrons. The Morgan fingerprint density at radius 3 is 2.29 bits per heavy atom. The highest BCUT2D eigenvalue weighted by Gasteiger charge is 2.55. The average Bonchev–Trinajstić information content (AvgIpc) is 3.15. The highest BCUT2D eigenvalue weighted by Crippen LogP contribution is 2.61. The second-order valence-electron chi connectivity index (χ2n) is 9.82. The van der Waals surface area contributed by atoms with Crippen molar-refractivity contribution in [3.63, 3.8) is 0 Å². The molecule has 2 atom stereocenters. The molecule has 4 saturated carbocycles. The van der Waals surface area contributed by atoms with Crippen LogP contribution in [-0.4, -0.2) is 45.7 Å². The Morgan fingerprint density at radius 1 is 1.14 bits per heavy atom. The summed E-state index contributed by atoms with van der Waals surface area (Å²) in [5.41, 5.74) is -0.0951. The van der Waals surface area contributed by atoms with Gasteiger partial charge in [-0.3, -0.25) is 4.79 Å². The molecule has 5 fully saturated rings. The lowest BCUT2D eigenvalue weighted by molar-refractivity contribution is -0.143. The van der Waals surface area contributed by atoms with Crippen LogP contribution in [0.2, 0.25) is 0 Å². The fourth-order valence-electron chi connectivity index (χ4n) is 6.84. The van der Waals surface area contributed by atoms with Gasteiger partial charge in [-0.1, -0.05) is 11.8 Å². The molecule has 0 N–H and O–H groups in total. The van der Waals surface area contributed by atoms with Crippen molar-refractivity contribution < 1.29 is 13.2 Å². The van der Waals surface area contributed by atoms with Crippen LogP contribution in [0, 0.1) is 23.2 Å². The fraction of sp³-hybridized carbons (Fsp3) is 0.850. The molecular weight excluding hydrogens is 394 g/mol. The normalized spacial score (nSPS) is 39.4. The maximum absolute atomic E-state index is 13.5. The van der Waals surface area contributed by atoms with Crippen molar-refractivity contribution >= 4 is 27.4 Å². The number of Topliss-reactive ketones (excluding diaryl/α,β-unsaturated/α-hetero) is 1. The molecule has 8 heteroatoms. The average molecular weight is 424 g/mol. The molecule has 1 aliphatic heterocycles. The first kappa shape index (κ1) is 19.1. The van der Waals surface area contributed by atoms with Crippen molar-refractivity contribution in [1.29, 1.82) is 0 Å². The molecule has 0 aromatic carbocycles. The molecule has 0 unspecified atom stereocenters. The van der Waals surface area contributed by atoms with Crippen LogP contribution in [0.15, 0.2) is 5.16 Å². The van der Waals surface area contributed by atoms with Gasteiger partial charge in [-0.25, -0.2) is 8.42 Å². The summed E-state index contributed by atoms with van der Waals surface area (Å²) in [6.07, 6.45) is 7.90. The summed E-state index contributed by atoms with van der Waals surface area (Å²) in [6, 6.07) is 0. The highest BCUT2D eigenvalue weighted by molar-refractivity contribution is 8.00. The van der Waals surface area contributed by atoms with Crippen molar-refractivity contribution in [2.75, 3.05) is 11.5 Å². The quantitative estimate of drug-likeness (QED) is 0.677. The second kappa shape index (κ2) is 6.56. The van der Waals surface area contributed by atoms with Gasteiger partial charge in [-0.15, -0.1) is 10.2 Å². The van der Waals surface area contributed by atoms with Crippen LogP contribution in [0.25, 0.3) is 0 Å². The van der Waals surface area contributed by atoms with E-state index in [1.165, 1.54) is 31.0 Å². The number of aromatic nitrogens is 3. The summed E-state index contributed by atoms with van der Waals surface area (Å²) in [6.45, 7) is 2.01. The number of rotatable bonds is 5. The van der Waals surface area contributed by atoms with E-state index < -0.39 is 9.84 Å². The third-order valence-corrected chi connectivity index (χ3v) is 10.6. The molecular formula is C20H29N3O3S2. The Hall–Kier alpha value is -0.890. The number of carbonyl (C=O) groups is 1. The van der Waals surface area contributed by atoms with Crippen molar-refractivity contribution in [2.45, 2.75) is 68.2 Å². The molecule has 6 nitrogen and oxygen atoms in total. The van der Waals surface area contributed by atoms with Crippen LogP contribution in [0.1, 0.15) is 63.6 Å². The van der Waals surface area contributed by atoms with Crippen LogP contribution >= 0.6 is 11.8 Å².